The molecule has 1 saturated heterocycles. The summed E-state index contributed by atoms with van der Waals surface area (Å²) in [6.45, 7) is 2.82. The smallest absolute Gasteiger partial charge is 0.407 e. The highest BCUT2D eigenvalue weighted by molar-refractivity contribution is 8.00. The first-order valence-corrected chi connectivity index (χ1v) is 12.8. The fourth-order valence-corrected chi connectivity index (χ4v) is 5.71. The Morgan fingerprint density at radius 1 is 1.12 bits per heavy atom. The van der Waals surface area contributed by atoms with Crippen molar-refractivity contribution in [2.45, 2.75) is 43.4 Å². The molecule has 2 aromatic rings. The van der Waals surface area contributed by atoms with Crippen molar-refractivity contribution in [2.75, 3.05) is 25.4 Å². The Balaban J connectivity index is 1.41. The Hall–Kier alpha value is -3.00. The van der Waals surface area contributed by atoms with E-state index in [-0.39, 0.29) is 25.0 Å². The number of carbonyl (C=O) groups excluding carboxylic acids is 2. The molecule has 2 aromatic carbocycles. The Morgan fingerprint density at radius 2 is 1.76 bits per heavy atom. The number of nitrogens with one attached hydrogen (secondary N) is 1. The van der Waals surface area contributed by atoms with Gasteiger partial charge in [0.25, 0.3) is 0 Å². The number of carboxylic acids is 1. The Kier molecular flexibility index (Phi) is 7.77. The van der Waals surface area contributed by atoms with Crippen molar-refractivity contribution in [1.82, 2.24) is 10.2 Å². The van der Waals surface area contributed by atoms with E-state index in [4.69, 9.17) is 4.74 Å². The molecule has 0 saturated carbocycles. The quantitative estimate of drug-likeness (QED) is 0.588. The molecule has 2 aliphatic rings. The molecule has 0 aromatic heterocycles. The minimum atomic E-state index is -0.919. The predicted molar refractivity (Wildman–Crippen MR) is 132 cm³/mol. The van der Waals surface area contributed by atoms with Gasteiger partial charge in [-0.1, -0.05) is 68.3 Å². The maximum absolute atomic E-state index is 13.1. The first kappa shape index (κ1) is 24.1. The predicted octanol–water partition coefficient (Wildman–Crippen LogP) is 4.11. The maximum atomic E-state index is 13.1. The lowest BCUT2D eigenvalue weighted by Gasteiger charge is -2.33. The van der Waals surface area contributed by atoms with Gasteiger partial charge in [-0.3, -0.25) is 9.59 Å². The molecule has 2 atom stereocenters. The number of ether oxygens (including phenoxy) is 1. The number of fused-ring (bicyclic) bond motifs is 3. The van der Waals surface area contributed by atoms with Crippen LogP contribution in [0.25, 0.3) is 11.1 Å². The van der Waals surface area contributed by atoms with Crippen molar-refractivity contribution >= 4 is 29.7 Å². The number of amides is 2. The normalized spacial score (nSPS) is 18.0. The van der Waals surface area contributed by atoms with Crippen LogP contribution < -0.4 is 5.32 Å². The summed E-state index contributed by atoms with van der Waals surface area (Å²) in [7, 11) is 0. The van der Waals surface area contributed by atoms with Crippen LogP contribution in [0.2, 0.25) is 0 Å². The van der Waals surface area contributed by atoms with Gasteiger partial charge >= 0.3 is 12.1 Å². The summed E-state index contributed by atoms with van der Waals surface area (Å²) in [6.07, 6.45) is 1.51. The van der Waals surface area contributed by atoms with Gasteiger partial charge in [0.15, 0.2) is 0 Å². The molecule has 34 heavy (non-hydrogen) atoms. The number of hydrogen-bond acceptors (Lipinski definition) is 5. The molecule has 1 aliphatic carbocycles. The summed E-state index contributed by atoms with van der Waals surface area (Å²) in [4.78, 5) is 38.8. The van der Waals surface area contributed by atoms with E-state index in [0.29, 0.717) is 18.7 Å². The standard InChI is InChI=1S/C26H30N2O5S/c1-2-3-12-22(24(29)28-13-14-34-23(15-28)25(30)31)27-26(32)33-16-21-19-10-6-4-8-17(19)18-9-5-7-11-20(18)21/h4-11,21-23H,2-3,12-16H2,1H3,(H,27,32)(H,30,31)/t22-,23?/m0/s1. The van der Waals surface area contributed by atoms with Crippen molar-refractivity contribution in [3.8, 4) is 11.1 Å². The van der Waals surface area contributed by atoms with E-state index < -0.39 is 23.4 Å². The fourth-order valence-electron chi connectivity index (χ4n) is 4.67. The van der Waals surface area contributed by atoms with Crippen LogP contribution in [0.5, 0.6) is 0 Å². The lowest BCUT2D eigenvalue weighted by Crippen LogP contribution is -2.53. The molecule has 2 amide bonds. The minimum absolute atomic E-state index is 0.0570. The number of aliphatic carboxylic acids is 1. The first-order valence-electron chi connectivity index (χ1n) is 11.7. The molecule has 1 aliphatic heterocycles. The third-order valence-electron chi connectivity index (χ3n) is 6.43. The molecule has 180 valence electrons. The molecular weight excluding hydrogens is 452 g/mol. The van der Waals surface area contributed by atoms with Crippen LogP contribution in [0.1, 0.15) is 43.2 Å². The molecule has 1 unspecified atom stereocenters. The second kappa shape index (κ2) is 11.0. The number of carbonyl (C=O) groups is 3. The van der Waals surface area contributed by atoms with E-state index >= 15 is 0 Å². The number of benzene rings is 2. The zero-order valence-corrected chi connectivity index (χ0v) is 20.1. The average molecular weight is 483 g/mol. The summed E-state index contributed by atoms with van der Waals surface area (Å²) in [5, 5.41) is 11.4. The molecule has 0 spiro atoms. The monoisotopic (exact) mass is 482 g/mol. The molecule has 4 rings (SSSR count). The highest BCUT2D eigenvalue weighted by Gasteiger charge is 2.34. The second-order valence-electron chi connectivity index (χ2n) is 8.65. The molecule has 8 heteroatoms. The minimum Gasteiger partial charge on any atom is -0.480 e. The second-order valence-corrected chi connectivity index (χ2v) is 9.96. The number of hydrogen-bond donors (Lipinski definition) is 2. The van der Waals surface area contributed by atoms with Crippen molar-refractivity contribution < 1.29 is 24.2 Å². The summed E-state index contributed by atoms with van der Waals surface area (Å²) in [5.74, 6) is -0.655. The van der Waals surface area contributed by atoms with Crippen molar-refractivity contribution in [1.29, 1.82) is 0 Å². The van der Waals surface area contributed by atoms with Crippen LogP contribution in [0, 0.1) is 0 Å². The molecular formula is C26H30N2O5S. The highest BCUT2D eigenvalue weighted by Crippen LogP contribution is 2.44. The highest BCUT2D eigenvalue weighted by atomic mass is 32.2. The number of alkyl carbamates (subject to hydrolysis) is 1. The van der Waals surface area contributed by atoms with Gasteiger partial charge in [0.1, 0.15) is 17.9 Å². The number of nitrogens with zero attached hydrogens (tertiary/aromatic N) is 1. The van der Waals surface area contributed by atoms with Crippen LogP contribution >= 0.6 is 11.8 Å². The van der Waals surface area contributed by atoms with E-state index in [1.807, 2.05) is 31.2 Å². The van der Waals surface area contributed by atoms with Gasteiger partial charge < -0.3 is 20.1 Å². The Labute approximate surface area is 203 Å². The summed E-state index contributed by atoms with van der Waals surface area (Å²) in [5.41, 5.74) is 4.55. The van der Waals surface area contributed by atoms with Crippen molar-refractivity contribution in [3.63, 3.8) is 0 Å². The van der Waals surface area contributed by atoms with Gasteiger partial charge in [0.2, 0.25) is 5.91 Å². The third-order valence-corrected chi connectivity index (χ3v) is 7.61. The van der Waals surface area contributed by atoms with Crippen LogP contribution in [-0.2, 0) is 14.3 Å². The maximum Gasteiger partial charge on any atom is 0.407 e. The SMILES string of the molecule is CCCC[C@H](NC(=O)OCC1c2ccccc2-c2ccccc21)C(=O)N1CCSC(C(=O)O)C1. The molecule has 0 radical (unpaired) electrons. The van der Waals surface area contributed by atoms with E-state index in [1.165, 1.54) is 11.8 Å². The summed E-state index contributed by atoms with van der Waals surface area (Å²) in [6, 6.07) is 15.5. The van der Waals surface area contributed by atoms with E-state index in [2.05, 4.69) is 29.6 Å². The first-order chi connectivity index (χ1) is 16.5. The molecule has 7 nitrogen and oxygen atoms in total. The van der Waals surface area contributed by atoms with Gasteiger partial charge in [0, 0.05) is 24.8 Å². The number of unbranched alkanes of at least 4 members (excludes halogenated alkanes) is 1. The van der Waals surface area contributed by atoms with Crippen LogP contribution in [-0.4, -0.2) is 64.7 Å². The zero-order valence-electron chi connectivity index (χ0n) is 19.2. The zero-order chi connectivity index (χ0) is 24.1. The summed E-state index contributed by atoms with van der Waals surface area (Å²) < 4.78 is 5.63. The number of rotatable bonds is 8. The molecule has 1 heterocycles. The number of thioether (sulfide) groups is 1. The molecule has 1 fully saturated rings. The summed E-state index contributed by atoms with van der Waals surface area (Å²) >= 11 is 1.34. The van der Waals surface area contributed by atoms with E-state index in [9.17, 15) is 19.5 Å². The van der Waals surface area contributed by atoms with Gasteiger partial charge in [-0.25, -0.2) is 4.79 Å². The van der Waals surface area contributed by atoms with Gasteiger partial charge in [-0.15, -0.1) is 11.8 Å². The van der Waals surface area contributed by atoms with Gasteiger partial charge in [-0.2, -0.15) is 0 Å². The van der Waals surface area contributed by atoms with E-state index in [0.717, 1.165) is 35.1 Å². The largest absolute Gasteiger partial charge is 0.480 e. The van der Waals surface area contributed by atoms with Crippen LogP contribution in [0.3, 0.4) is 0 Å². The Morgan fingerprint density at radius 3 is 2.38 bits per heavy atom. The van der Waals surface area contributed by atoms with Gasteiger partial charge in [0.05, 0.1) is 0 Å². The topological polar surface area (TPSA) is 95.9 Å². The molecule has 2 N–H and O–H groups in total. The third kappa shape index (κ3) is 5.22. The lowest BCUT2D eigenvalue weighted by atomic mass is 9.98. The molecule has 0 bridgehead atoms. The van der Waals surface area contributed by atoms with Crippen LogP contribution in [0.15, 0.2) is 48.5 Å². The fraction of sp³-hybridized carbons (Fsp3) is 0.423. The van der Waals surface area contributed by atoms with Crippen molar-refractivity contribution in [2.24, 2.45) is 0 Å². The average Bonchev–Trinajstić information content (AvgIpc) is 3.18. The Bertz CT molecular complexity index is 1010. The van der Waals surface area contributed by atoms with Crippen molar-refractivity contribution in [3.05, 3.63) is 59.7 Å². The number of carboxylic acid groups (broad SMARTS) is 1. The van der Waals surface area contributed by atoms with Gasteiger partial charge in [-0.05, 0) is 28.7 Å². The lowest BCUT2D eigenvalue weighted by molar-refractivity contribution is -0.138. The van der Waals surface area contributed by atoms with Crippen LogP contribution in [0.4, 0.5) is 4.79 Å². The van der Waals surface area contributed by atoms with E-state index in [1.54, 1.807) is 4.90 Å².